The standard InChI is InChI=1S/C48H34O2/c49-47-43-33(21-23-37-35-17-9-7-15-31(35)19-25-39(37)43)27-41(29-11-3-1-4-12-29)45(47)46-42(30-13-5-2-6-14-30)28-34-22-24-38-36-18-10-8-16-32(36)20-26-40(38)44(34)48(46)50/h1-28,33,38,40,43,49-50H. The normalized spacial score (nSPS) is 21.2. The van der Waals surface area contributed by atoms with Gasteiger partial charge in [0.05, 0.1) is 5.92 Å². The Morgan fingerprint density at radius 2 is 1.24 bits per heavy atom. The molecule has 0 saturated carbocycles. The number of hydrogen-bond donors (Lipinski definition) is 2. The van der Waals surface area contributed by atoms with Gasteiger partial charge >= 0.3 is 0 Å². The third kappa shape index (κ3) is 4.28. The molecule has 50 heavy (non-hydrogen) atoms. The largest absolute Gasteiger partial charge is 0.511 e. The molecule has 4 atom stereocenters. The predicted octanol–water partition coefficient (Wildman–Crippen LogP) is 11.9. The van der Waals surface area contributed by atoms with E-state index in [-0.39, 0.29) is 35.2 Å². The van der Waals surface area contributed by atoms with Crippen LogP contribution in [0.25, 0.3) is 51.3 Å². The Morgan fingerprint density at radius 3 is 2.08 bits per heavy atom. The molecule has 0 amide bonds. The maximum atomic E-state index is 12.9. The number of phenolic OH excluding ortho intramolecular Hbond substituents is 1. The van der Waals surface area contributed by atoms with E-state index in [9.17, 15) is 10.2 Å². The molecule has 4 unspecified atom stereocenters. The van der Waals surface area contributed by atoms with Crippen molar-refractivity contribution in [3.8, 4) is 16.9 Å². The van der Waals surface area contributed by atoms with Gasteiger partial charge in [-0.1, -0.05) is 164 Å². The highest BCUT2D eigenvalue weighted by molar-refractivity contribution is 6.12. The lowest BCUT2D eigenvalue weighted by atomic mass is 9.67. The smallest absolute Gasteiger partial charge is 0.128 e. The first-order valence-corrected chi connectivity index (χ1v) is 17.5. The number of allylic oxidation sites excluding steroid dienone is 7. The predicted molar refractivity (Wildman–Crippen MR) is 207 cm³/mol. The zero-order chi connectivity index (χ0) is 33.3. The second-order valence-corrected chi connectivity index (χ2v) is 13.8. The first-order chi connectivity index (χ1) is 24.7. The summed E-state index contributed by atoms with van der Waals surface area (Å²) in [6, 6.07) is 44.1. The average molecular weight is 643 g/mol. The van der Waals surface area contributed by atoms with Gasteiger partial charge in [-0.05, 0) is 66.9 Å². The van der Waals surface area contributed by atoms with E-state index in [2.05, 4.69) is 134 Å². The molecule has 6 aromatic carbocycles. The van der Waals surface area contributed by atoms with Crippen LogP contribution in [0.2, 0.25) is 0 Å². The van der Waals surface area contributed by atoms with Crippen LogP contribution >= 0.6 is 0 Å². The van der Waals surface area contributed by atoms with Crippen LogP contribution in [0.5, 0.6) is 5.75 Å². The maximum Gasteiger partial charge on any atom is 0.128 e. The summed E-state index contributed by atoms with van der Waals surface area (Å²) in [7, 11) is 0. The van der Waals surface area contributed by atoms with Crippen molar-refractivity contribution in [2.45, 2.75) is 17.8 Å². The van der Waals surface area contributed by atoms with Gasteiger partial charge in [0.2, 0.25) is 0 Å². The minimum absolute atomic E-state index is 0.0404. The summed E-state index contributed by atoms with van der Waals surface area (Å²) in [5.41, 5.74) is 11.8. The van der Waals surface area contributed by atoms with Crippen LogP contribution in [0.15, 0.2) is 157 Å². The number of aliphatic hydroxyl groups excluding tert-OH is 1. The lowest BCUT2D eigenvalue weighted by Crippen LogP contribution is -2.22. The molecule has 2 nitrogen and oxygen atoms in total. The Labute approximate surface area is 292 Å². The van der Waals surface area contributed by atoms with Gasteiger partial charge in [-0.15, -0.1) is 0 Å². The van der Waals surface area contributed by atoms with Gasteiger partial charge in [0, 0.05) is 34.5 Å². The number of aliphatic hydroxyl groups is 1. The highest BCUT2D eigenvalue weighted by atomic mass is 16.3. The minimum Gasteiger partial charge on any atom is -0.511 e. The second-order valence-electron chi connectivity index (χ2n) is 13.8. The maximum absolute atomic E-state index is 12.9. The fraction of sp³-hybridized carbons (Fsp3) is 0.0833. The second kappa shape index (κ2) is 11.2. The number of aromatic hydroxyl groups is 1. The van der Waals surface area contributed by atoms with Crippen molar-refractivity contribution >= 4 is 40.1 Å². The third-order valence-electron chi connectivity index (χ3n) is 11.2. The van der Waals surface area contributed by atoms with Crippen molar-refractivity contribution < 1.29 is 10.2 Å². The Bertz CT molecular complexity index is 2510. The molecular formula is C48H34O2. The summed E-state index contributed by atoms with van der Waals surface area (Å²) in [6.07, 6.45) is 15.7. The molecule has 0 heterocycles. The summed E-state index contributed by atoms with van der Waals surface area (Å²) in [5, 5.41) is 28.1. The van der Waals surface area contributed by atoms with Crippen LogP contribution in [-0.2, 0) is 0 Å². The molecule has 10 rings (SSSR count). The fourth-order valence-electron chi connectivity index (χ4n) is 8.95. The summed E-state index contributed by atoms with van der Waals surface area (Å²) in [6.45, 7) is 0. The van der Waals surface area contributed by atoms with E-state index < -0.39 is 0 Å². The van der Waals surface area contributed by atoms with Crippen LogP contribution in [0, 0.1) is 5.92 Å². The zero-order valence-electron chi connectivity index (χ0n) is 27.4. The topological polar surface area (TPSA) is 40.5 Å². The van der Waals surface area contributed by atoms with Crippen molar-refractivity contribution in [2.75, 3.05) is 0 Å². The fourth-order valence-corrected chi connectivity index (χ4v) is 8.95. The lowest BCUT2D eigenvalue weighted by molar-refractivity contribution is 0.351. The zero-order valence-corrected chi connectivity index (χ0v) is 27.4. The number of fused-ring (bicyclic) bond motifs is 10. The number of rotatable bonds is 3. The van der Waals surface area contributed by atoms with E-state index in [1.54, 1.807) is 0 Å². The molecule has 0 fully saturated rings. The van der Waals surface area contributed by atoms with Gasteiger partial charge in [-0.3, -0.25) is 0 Å². The van der Waals surface area contributed by atoms with Crippen molar-refractivity contribution in [1.82, 2.24) is 0 Å². The molecule has 2 heteroatoms. The Balaban J connectivity index is 1.27. The molecule has 0 spiro atoms. The summed E-state index contributed by atoms with van der Waals surface area (Å²) >= 11 is 0. The summed E-state index contributed by atoms with van der Waals surface area (Å²) in [5.74, 6) is 0.245. The number of hydrogen-bond acceptors (Lipinski definition) is 2. The Morgan fingerprint density at radius 1 is 0.540 bits per heavy atom. The van der Waals surface area contributed by atoms with E-state index in [4.69, 9.17) is 0 Å². The molecule has 238 valence electrons. The quantitative estimate of drug-likeness (QED) is 0.202. The van der Waals surface area contributed by atoms with Crippen LogP contribution in [0.4, 0.5) is 0 Å². The highest BCUT2D eigenvalue weighted by Gasteiger charge is 2.40. The van der Waals surface area contributed by atoms with Gasteiger partial charge in [0.25, 0.3) is 0 Å². The minimum atomic E-state index is -0.296. The van der Waals surface area contributed by atoms with Crippen LogP contribution in [-0.4, -0.2) is 10.2 Å². The molecule has 0 bridgehead atoms. The van der Waals surface area contributed by atoms with Crippen molar-refractivity contribution in [2.24, 2.45) is 5.92 Å². The van der Waals surface area contributed by atoms with E-state index in [1.165, 1.54) is 21.9 Å². The molecule has 2 N–H and O–H groups in total. The van der Waals surface area contributed by atoms with E-state index >= 15 is 0 Å². The van der Waals surface area contributed by atoms with Gasteiger partial charge in [-0.2, -0.15) is 0 Å². The van der Waals surface area contributed by atoms with Crippen molar-refractivity contribution in [3.05, 3.63) is 202 Å². The molecule has 0 aliphatic heterocycles. The average Bonchev–Trinajstić information content (AvgIpc) is 3.18. The van der Waals surface area contributed by atoms with Crippen LogP contribution in [0.3, 0.4) is 0 Å². The van der Waals surface area contributed by atoms with Gasteiger partial charge in [0.15, 0.2) is 0 Å². The molecule has 0 aromatic heterocycles. The van der Waals surface area contributed by atoms with Crippen LogP contribution < -0.4 is 0 Å². The summed E-state index contributed by atoms with van der Waals surface area (Å²) in [4.78, 5) is 0. The molecule has 6 aromatic rings. The highest BCUT2D eigenvalue weighted by Crippen LogP contribution is 2.57. The third-order valence-corrected chi connectivity index (χ3v) is 11.2. The van der Waals surface area contributed by atoms with Gasteiger partial charge in [-0.25, -0.2) is 0 Å². The molecular weight excluding hydrogens is 609 g/mol. The van der Waals surface area contributed by atoms with E-state index in [0.29, 0.717) is 11.1 Å². The lowest BCUT2D eigenvalue weighted by Gasteiger charge is -2.37. The summed E-state index contributed by atoms with van der Waals surface area (Å²) < 4.78 is 0. The van der Waals surface area contributed by atoms with E-state index in [0.717, 1.165) is 44.5 Å². The Kier molecular flexibility index (Phi) is 6.47. The molecule has 0 saturated heterocycles. The van der Waals surface area contributed by atoms with Gasteiger partial charge < -0.3 is 10.2 Å². The monoisotopic (exact) mass is 642 g/mol. The van der Waals surface area contributed by atoms with Crippen LogP contribution in [0.1, 0.15) is 62.3 Å². The molecule has 0 radical (unpaired) electrons. The molecule has 4 aliphatic carbocycles. The SMILES string of the molecule is OC1=C(c2c(-c3ccccc3)cc3c(c2O)C2C=Cc4ccccc4C2C=C3)C(c2ccccc2)=CC2C=Cc3c(ccc4ccccc34)C12. The van der Waals surface area contributed by atoms with Crippen molar-refractivity contribution in [1.29, 1.82) is 0 Å². The first-order valence-electron chi connectivity index (χ1n) is 17.5. The van der Waals surface area contributed by atoms with E-state index in [1.807, 2.05) is 36.4 Å². The van der Waals surface area contributed by atoms with Crippen molar-refractivity contribution in [3.63, 3.8) is 0 Å². The number of phenols is 1. The first kappa shape index (κ1) is 28.9. The Hall–Kier alpha value is -6.12. The molecule has 4 aliphatic rings. The van der Waals surface area contributed by atoms with Gasteiger partial charge in [0.1, 0.15) is 11.5 Å². The number of benzene rings is 6.